The number of aryl methyl sites for hydroxylation is 1. The lowest BCUT2D eigenvalue weighted by atomic mass is 10.2. The number of hydrogen-bond donors (Lipinski definition) is 1. The fraction of sp³-hybridized carbons (Fsp3) is 0.214. The zero-order valence-electron chi connectivity index (χ0n) is 11.2. The summed E-state index contributed by atoms with van der Waals surface area (Å²) in [6, 6.07) is 10.6. The van der Waals surface area contributed by atoms with Crippen LogP contribution in [0, 0.1) is 22.7 Å². The number of anilines is 1. The molecular weight excluding hydrogens is 268 g/mol. The number of amides is 1. The minimum atomic E-state index is -0.134. The Kier molecular flexibility index (Phi) is 4.62. The Morgan fingerprint density at radius 3 is 2.90 bits per heavy atom. The summed E-state index contributed by atoms with van der Waals surface area (Å²) in [5.74, 6) is -0.0153. The van der Waals surface area contributed by atoms with E-state index < -0.39 is 0 Å². The van der Waals surface area contributed by atoms with Crippen LogP contribution in [0.1, 0.15) is 24.2 Å². The molecule has 7 nitrogen and oxygen atoms in total. The van der Waals surface area contributed by atoms with Gasteiger partial charge in [0.05, 0.1) is 11.6 Å². The van der Waals surface area contributed by atoms with Gasteiger partial charge in [0.1, 0.15) is 12.4 Å². The minimum Gasteiger partial charge on any atom is -0.326 e. The Balaban J connectivity index is 1.79. The normalized spacial score (nSPS) is 9.62. The van der Waals surface area contributed by atoms with Crippen LogP contribution in [0.2, 0.25) is 0 Å². The van der Waals surface area contributed by atoms with Crippen LogP contribution in [0.5, 0.6) is 0 Å². The number of nitrogens with zero attached hydrogens (tertiary/aromatic N) is 5. The number of carbonyl (C=O) groups is 1. The van der Waals surface area contributed by atoms with Gasteiger partial charge in [0.15, 0.2) is 0 Å². The van der Waals surface area contributed by atoms with E-state index in [1.807, 2.05) is 12.1 Å². The highest BCUT2D eigenvalue weighted by molar-refractivity contribution is 5.90. The van der Waals surface area contributed by atoms with Crippen LogP contribution in [0.15, 0.2) is 30.6 Å². The molecule has 0 unspecified atom stereocenters. The van der Waals surface area contributed by atoms with Gasteiger partial charge in [-0.25, -0.2) is 4.98 Å². The lowest BCUT2D eigenvalue weighted by Gasteiger charge is -2.05. The second kappa shape index (κ2) is 6.83. The summed E-state index contributed by atoms with van der Waals surface area (Å²) in [5.41, 5.74) is 1.10. The van der Waals surface area contributed by atoms with Crippen LogP contribution in [0.3, 0.4) is 0 Å². The van der Waals surface area contributed by atoms with Crippen LogP contribution < -0.4 is 5.32 Å². The van der Waals surface area contributed by atoms with Gasteiger partial charge in [0, 0.05) is 18.7 Å². The van der Waals surface area contributed by atoms with Gasteiger partial charge in [-0.3, -0.25) is 9.48 Å². The third-order valence-electron chi connectivity index (χ3n) is 2.70. The molecule has 0 aliphatic heterocycles. The lowest BCUT2D eigenvalue weighted by Crippen LogP contribution is -2.12. The summed E-state index contributed by atoms with van der Waals surface area (Å²) in [7, 11) is 0. The van der Waals surface area contributed by atoms with Gasteiger partial charge in [0.2, 0.25) is 5.91 Å². The van der Waals surface area contributed by atoms with Crippen molar-refractivity contribution in [2.75, 3.05) is 5.32 Å². The number of nitriles is 2. The fourth-order valence-electron chi connectivity index (χ4n) is 1.75. The van der Waals surface area contributed by atoms with Crippen LogP contribution >= 0.6 is 0 Å². The number of hydrogen-bond acceptors (Lipinski definition) is 5. The minimum absolute atomic E-state index is 0.118. The molecule has 0 fully saturated rings. The van der Waals surface area contributed by atoms with Crippen molar-refractivity contribution < 1.29 is 4.79 Å². The molecule has 1 amide bonds. The molecule has 1 N–H and O–H groups in total. The maximum Gasteiger partial charge on any atom is 0.252 e. The van der Waals surface area contributed by atoms with E-state index in [1.165, 1.54) is 11.0 Å². The van der Waals surface area contributed by atoms with Crippen molar-refractivity contribution in [3.05, 3.63) is 42.0 Å². The van der Waals surface area contributed by atoms with Gasteiger partial charge in [-0.2, -0.15) is 10.5 Å². The molecule has 0 aliphatic rings. The molecule has 1 aromatic carbocycles. The summed E-state index contributed by atoms with van der Waals surface area (Å²) in [4.78, 5) is 15.6. The Labute approximate surface area is 121 Å². The van der Waals surface area contributed by atoms with Crippen LogP contribution in [-0.2, 0) is 11.3 Å². The molecule has 1 aromatic heterocycles. The molecule has 0 saturated heterocycles. The average molecular weight is 280 g/mol. The van der Waals surface area contributed by atoms with E-state index in [4.69, 9.17) is 10.5 Å². The Hall–Kier alpha value is -3.19. The van der Waals surface area contributed by atoms with E-state index in [0.29, 0.717) is 30.6 Å². The van der Waals surface area contributed by atoms with Gasteiger partial charge in [-0.05, 0) is 24.6 Å². The second-order valence-electron chi connectivity index (χ2n) is 4.29. The highest BCUT2D eigenvalue weighted by Crippen LogP contribution is 2.10. The van der Waals surface area contributed by atoms with Crippen molar-refractivity contribution in [2.45, 2.75) is 19.4 Å². The number of carbonyl (C=O) groups excluding carboxylic acids is 1. The molecule has 1 heterocycles. The van der Waals surface area contributed by atoms with E-state index in [-0.39, 0.29) is 11.7 Å². The highest BCUT2D eigenvalue weighted by atomic mass is 16.1. The first-order chi connectivity index (χ1) is 10.2. The monoisotopic (exact) mass is 280 g/mol. The SMILES string of the molecule is N#Cc1cccc(NC(=O)CCCn2cnc(C#N)n2)c1. The number of rotatable bonds is 5. The molecule has 104 valence electrons. The first-order valence-corrected chi connectivity index (χ1v) is 6.31. The summed E-state index contributed by atoms with van der Waals surface area (Å²) in [6.45, 7) is 0.514. The number of benzene rings is 1. The van der Waals surface area contributed by atoms with Crippen molar-refractivity contribution in [3.8, 4) is 12.1 Å². The maximum atomic E-state index is 11.8. The summed E-state index contributed by atoms with van der Waals surface area (Å²) in [5, 5.41) is 24.0. The van der Waals surface area contributed by atoms with Crippen LogP contribution in [0.25, 0.3) is 0 Å². The highest BCUT2D eigenvalue weighted by Gasteiger charge is 2.04. The first-order valence-electron chi connectivity index (χ1n) is 6.31. The molecule has 7 heteroatoms. The van der Waals surface area contributed by atoms with E-state index >= 15 is 0 Å². The van der Waals surface area contributed by atoms with Crippen LogP contribution in [0.4, 0.5) is 5.69 Å². The first kappa shape index (κ1) is 14.2. The standard InChI is InChI=1S/C14H12N6O/c15-8-11-3-1-4-12(7-11)18-14(21)5-2-6-20-10-17-13(9-16)19-20/h1,3-4,7,10H,2,5-6H2,(H,18,21). The quantitative estimate of drug-likeness (QED) is 0.891. The molecule has 0 aliphatic carbocycles. The molecular formula is C14H12N6O. The zero-order valence-corrected chi connectivity index (χ0v) is 11.2. The molecule has 0 atom stereocenters. The zero-order chi connectivity index (χ0) is 15.1. The number of nitrogens with one attached hydrogen (secondary N) is 1. The predicted octanol–water partition coefficient (Wildman–Crippen LogP) is 1.44. The Morgan fingerprint density at radius 1 is 1.33 bits per heavy atom. The van der Waals surface area contributed by atoms with Crippen LogP contribution in [-0.4, -0.2) is 20.7 Å². The van der Waals surface area contributed by atoms with Gasteiger partial charge < -0.3 is 5.32 Å². The maximum absolute atomic E-state index is 11.8. The third kappa shape index (κ3) is 4.15. The topological polar surface area (TPSA) is 107 Å². The largest absolute Gasteiger partial charge is 0.326 e. The molecule has 2 rings (SSSR count). The van der Waals surface area contributed by atoms with E-state index in [2.05, 4.69) is 15.4 Å². The van der Waals surface area contributed by atoms with Crippen molar-refractivity contribution in [1.82, 2.24) is 14.8 Å². The third-order valence-corrected chi connectivity index (χ3v) is 2.70. The summed E-state index contributed by atoms with van der Waals surface area (Å²) < 4.78 is 1.53. The second-order valence-corrected chi connectivity index (χ2v) is 4.29. The molecule has 21 heavy (non-hydrogen) atoms. The predicted molar refractivity (Wildman–Crippen MR) is 73.8 cm³/mol. The summed E-state index contributed by atoms with van der Waals surface area (Å²) in [6.07, 6.45) is 2.36. The van der Waals surface area contributed by atoms with E-state index in [1.54, 1.807) is 24.3 Å². The Morgan fingerprint density at radius 2 is 2.19 bits per heavy atom. The van der Waals surface area contributed by atoms with Gasteiger partial charge in [0.25, 0.3) is 5.82 Å². The fourth-order valence-corrected chi connectivity index (χ4v) is 1.75. The molecule has 0 bridgehead atoms. The van der Waals surface area contributed by atoms with Crippen molar-refractivity contribution >= 4 is 11.6 Å². The van der Waals surface area contributed by atoms with E-state index in [0.717, 1.165) is 0 Å². The van der Waals surface area contributed by atoms with Gasteiger partial charge >= 0.3 is 0 Å². The van der Waals surface area contributed by atoms with Crippen molar-refractivity contribution in [3.63, 3.8) is 0 Å². The average Bonchev–Trinajstić information content (AvgIpc) is 2.95. The lowest BCUT2D eigenvalue weighted by molar-refractivity contribution is -0.116. The Bertz CT molecular complexity index is 722. The smallest absolute Gasteiger partial charge is 0.252 e. The summed E-state index contributed by atoms with van der Waals surface area (Å²) >= 11 is 0. The molecule has 0 radical (unpaired) electrons. The van der Waals surface area contributed by atoms with Gasteiger partial charge in [-0.15, -0.1) is 5.10 Å². The molecule has 0 saturated carbocycles. The van der Waals surface area contributed by atoms with Crippen molar-refractivity contribution in [2.24, 2.45) is 0 Å². The van der Waals surface area contributed by atoms with E-state index in [9.17, 15) is 4.79 Å². The number of aromatic nitrogens is 3. The molecule has 0 spiro atoms. The molecule has 2 aromatic rings. The van der Waals surface area contributed by atoms with Crippen molar-refractivity contribution in [1.29, 1.82) is 10.5 Å². The van der Waals surface area contributed by atoms with Gasteiger partial charge in [-0.1, -0.05) is 6.07 Å².